The molecular weight excluding hydrogens is 211 g/mol. The maximum atomic E-state index is 5.73. The summed E-state index contributed by atoms with van der Waals surface area (Å²) >= 11 is 0. The molecule has 1 aromatic carbocycles. The lowest BCUT2D eigenvalue weighted by Gasteiger charge is -2.29. The molecule has 2 radical (unpaired) electrons. The Morgan fingerprint density at radius 2 is 2.06 bits per heavy atom. The van der Waals surface area contributed by atoms with Gasteiger partial charge in [0, 0.05) is 6.04 Å². The second-order valence-corrected chi connectivity index (χ2v) is 4.56. The average molecular weight is 226 g/mol. The molecule has 0 amide bonds. The van der Waals surface area contributed by atoms with Gasteiger partial charge in [0.15, 0.2) is 7.98 Å². The fourth-order valence-corrected chi connectivity index (χ4v) is 2.26. The Balaban J connectivity index is 1.72. The molecule has 1 saturated heterocycles. The molecule has 2 N–H and O–H groups in total. The molecule has 86 valence electrons. The van der Waals surface area contributed by atoms with Crippen molar-refractivity contribution in [3.8, 4) is 0 Å². The molecule has 0 bridgehead atoms. The molecule has 0 saturated carbocycles. The summed E-state index contributed by atoms with van der Waals surface area (Å²) in [5, 5.41) is 3.44. The molecule has 2 heterocycles. The van der Waals surface area contributed by atoms with Gasteiger partial charge in [-0.25, -0.2) is 4.98 Å². The smallest absolute Gasteiger partial charge is 0.201 e. The summed E-state index contributed by atoms with van der Waals surface area (Å²) in [6.45, 7) is 1.88. The zero-order valence-corrected chi connectivity index (χ0v) is 9.69. The van der Waals surface area contributed by atoms with Gasteiger partial charge in [-0.05, 0) is 38.1 Å². The molecule has 0 aliphatic carbocycles. The molecule has 0 spiro atoms. The van der Waals surface area contributed by atoms with Crippen molar-refractivity contribution >= 4 is 25.0 Å². The number of fused-ring (bicyclic) bond motifs is 1. The number of aromatic amines is 1. The van der Waals surface area contributed by atoms with Crippen molar-refractivity contribution in [2.45, 2.75) is 18.9 Å². The highest BCUT2D eigenvalue weighted by molar-refractivity contribution is 6.04. The number of nitrogens with one attached hydrogen (secondary N) is 2. The van der Waals surface area contributed by atoms with Gasteiger partial charge in [-0.2, -0.15) is 0 Å². The van der Waals surface area contributed by atoms with Gasteiger partial charge in [-0.1, -0.05) is 12.1 Å². The number of anilines is 1. The number of piperidine rings is 1. The lowest BCUT2D eigenvalue weighted by molar-refractivity contribution is 0.346. The topological polar surface area (TPSA) is 44.0 Å². The third-order valence-electron chi connectivity index (χ3n) is 3.26. The van der Waals surface area contributed by atoms with E-state index in [0.29, 0.717) is 6.04 Å². The molecule has 3 rings (SSSR count). The third-order valence-corrected chi connectivity index (χ3v) is 3.26. The van der Waals surface area contributed by atoms with E-state index in [9.17, 15) is 0 Å². The molecule has 4 nitrogen and oxygen atoms in total. The molecule has 0 atom stereocenters. The first-order valence-electron chi connectivity index (χ1n) is 6.02. The maximum absolute atomic E-state index is 5.73. The van der Waals surface area contributed by atoms with Gasteiger partial charge < -0.3 is 15.1 Å². The van der Waals surface area contributed by atoms with Crippen LogP contribution in [0.25, 0.3) is 11.0 Å². The van der Waals surface area contributed by atoms with Gasteiger partial charge >= 0.3 is 0 Å². The Kier molecular flexibility index (Phi) is 2.77. The van der Waals surface area contributed by atoms with E-state index in [1.54, 1.807) is 0 Å². The van der Waals surface area contributed by atoms with E-state index in [0.717, 1.165) is 42.9 Å². The largest absolute Gasteiger partial charge is 0.353 e. The van der Waals surface area contributed by atoms with Crippen molar-refractivity contribution in [3.63, 3.8) is 0 Å². The normalized spacial score (nSPS) is 18.6. The second-order valence-electron chi connectivity index (χ2n) is 4.56. The summed E-state index contributed by atoms with van der Waals surface area (Å²) in [5.41, 5.74) is 2.08. The SMILES string of the molecule is [B]N1CCC(Nc2nc3ccccc3[nH]2)CC1. The van der Waals surface area contributed by atoms with Crippen LogP contribution in [0.15, 0.2) is 24.3 Å². The summed E-state index contributed by atoms with van der Waals surface area (Å²) in [6, 6.07) is 8.53. The van der Waals surface area contributed by atoms with Crippen molar-refractivity contribution in [3.05, 3.63) is 24.3 Å². The van der Waals surface area contributed by atoms with E-state index in [1.807, 2.05) is 29.1 Å². The van der Waals surface area contributed by atoms with Crippen molar-refractivity contribution < 1.29 is 0 Å². The predicted octanol–water partition coefficient (Wildman–Crippen LogP) is 1.52. The van der Waals surface area contributed by atoms with Gasteiger partial charge in [0.05, 0.1) is 11.0 Å². The van der Waals surface area contributed by atoms with Crippen LogP contribution in [0.5, 0.6) is 0 Å². The summed E-state index contributed by atoms with van der Waals surface area (Å²) in [4.78, 5) is 9.67. The highest BCUT2D eigenvalue weighted by atomic mass is 15.1. The molecule has 0 unspecified atom stereocenters. The molecule has 1 fully saturated rings. The van der Waals surface area contributed by atoms with Gasteiger partial charge in [0.25, 0.3) is 0 Å². The van der Waals surface area contributed by atoms with Crippen LogP contribution in [0.3, 0.4) is 0 Å². The van der Waals surface area contributed by atoms with Crippen LogP contribution in [0, 0.1) is 0 Å². The number of hydrogen-bond acceptors (Lipinski definition) is 3. The fraction of sp³-hybridized carbons (Fsp3) is 0.417. The Labute approximate surface area is 102 Å². The number of imidazole rings is 1. The Morgan fingerprint density at radius 1 is 1.29 bits per heavy atom. The van der Waals surface area contributed by atoms with E-state index in [-0.39, 0.29) is 0 Å². The lowest BCUT2D eigenvalue weighted by atomic mass is 10.0. The molecule has 1 aromatic heterocycles. The predicted molar refractivity (Wildman–Crippen MR) is 70.1 cm³/mol. The van der Waals surface area contributed by atoms with Crippen LogP contribution < -0.4 is 5.32 Å². The third kappa shape index (κ3) is 2.29. The monoisotopic (exact) mass is 226 g/mol. The van der Waals surface area contributed by atoms with E-state index in [1.165, 1.54) is 0 Å². The minimum atomic E-state index is 0.468. The maximum Gasteiger partial charge on any atom is 0.201 e. The van der Waals surface area contributed by atoms with E-state index < -0.39 is 0 Å². The molecule has 17 heavy (non-hydrogen) atoms. The number of para-hydroxylation sites is 2. The molecule has 1 aliphatic rings. The van der Waals surface area contributed by atoms with Crippen LogP contribution in [0.4, 0.5) is 5.95 Å². The van der Waals surface area contributed by atoms with Gasteiger partial charge in [-0.3, -0.25) is 0 Å². The summed E-state index contributed by atoms with van der Waals surface area (Å²) < 4.78 is 0. The molecule has 1 aliphatic heterocycles. The highest BCUT2D eigenvalue weighted by Gasteiger charge is 2.16. The Hall–Kier alpha value is -1.49. The van der Waals surface area contributed by atoms with Crippen molar-refractivity contribution in [2.24, 2.45) is 0 Å². The standard InChI is InChI=1S/C12H15BN4/c13-17-7-5-9(6-8-17)14-12-15-10-3-1-2-4-11(10)16-12/h1-4,9H,5-8H2,(H2,14,15,16). The first-order chi connectivity index (χ1) is 8.31. The van der Waals surface area contributed by atoms with E-state index in [4.69, 9.17) is 7.98 Å². The van der Waals surface area contributed by atoms with Gasteiger partial charge in [0.2, 0.25) is 5.95 Å². The first-order valence-corrected chi connectivity index (χ1v) is 6.02. The Bertz CT molecular complexity index is 469. The van der Waals surface area contributed by atoms with Crippen LogP contribution in [-0.4, -0.2) is 41.9 Å². The number of aromatic nitrogens is 2. The molecule has 5 heteroatoms. The Morgan fingerprint density at radius 3 is 2.82 bits per heavy atom. The summed E-state index contributed by atoms with van der Waals surface area (Å²) in [7, 11) is 5.73. The lowest BCUT2D eigenvalue weighted by Crippen LogP contribution is -2.37. The zero-order valence-electron chi connectivity index (χ0n) is 9.69. The quantitative estimate of drug-likeness (QED) is 0.763. The van der Waals surface area contributed by atoms with Crippen LogP contribution in [0.2, 0.25) is 0 Å². The summed E-state index contributed by atoms with van der Waals surface area (Å²) in [5.74, 6) is 0.863. The molecule has 2 aromatic rings. The second kappa shape index (κ2) is 4.41. The number of H-pyrrole nitrogens is 1. The molecular formula is C12H15BN4. The first kappa shape index (κ1) is 10.7. The van der Waals surface area contributed by atoms with Crippen LogP contribution >= 0.6 is 0 Å². The van der Waals surface area contributed by atoms with E-state index >= 15 is 0 Å². The minimum Gasteiger partial charge on any atom is -0.353 e. The van der Waals surface area contributed by atoms with Crippen molar-refractivity contribution in [1.82, 2.24) is 14.8 Å². The average Bonchev–Trinajstić information content (AvgIpc) is 2.74. The van der Waals surface area contributed by atoms with Crippen molar-refractivity contribution in [2.75, 3.05) is 18.4 Å². The summed E-state index contributed by atoms with van der Waals surface area (Å²) in [6.07, 6.45) is 2.13. The minimum absolute atomic E-state index is 0.468. The van der Waals surface area contributed by atoms with Crippen molar-refractivity contribution in [1.29, 1.82) is 0 Å². The number of benzene rings is 1. The number of hydrogen-bond donors (Lipinski definition) is 2. The highest BCUT2D eigenvalue weighted by Crippen LogP contribution is 2.17. The number of nitrogens with zero attached hydrogens (tertiary/aromatic N) is 2. The zero-order chi connectivity index (χ0) is 11.7. The van der Waals surface area contributed by atoms with Crippen LogP contribution in [-0.2, 0) is 0 Å². The van der Waals surface area contributed by atoms with Gasteiger partial charge in [0.1, 0.15) is 0 Å². The van der Waals surface area contributed by atoms with Crippen LogP contribution in [0.1, 0.15) is 12.8 Å². The fourth-order valence-electron chi connectivity index (χ4n) is 2.26. The van der Waals surface area contributed by atoms with E-state index in [2.05, 4.69) is 15.3 Å². The van der Waals surface area contributed by atoms with Gasteiger partial charge in [-0.15, -0.1) is 0 Å². The number of rotatable bonds is 2.